The van der Waals surface area contributed by atoms with Gasteiger partial charge in [0.25, 0.3) is 0 Å². The largest absolute Gasteiger partial charge is 0.368 e. The van der Waals surface area contributed by atoms with Crippen molar-refractivity contribution in [3.63, 3.8) is 0 Å². The summed E-state index contributed by atoms with van der Waals surface area (Å²) in [5, 5.41) is 0. The first-order chi connectivity index (χ1) is 26.3. The molecule has 2 saturated heterocycles. The molecule has 0 N–H and O–H groups in total. The number of carbonyl (C=O) groups is 5. The number of ketones is 3. The summed E-state index contributed by atoms with van der Waals surface area (Å²) in [6, 6.07) is 29.8. The maximum absolute atomic E-state index is 13.3. The van der Waals surface area contributed by atoms with Crippen LogP contribution in [-0.4, -0.2) is 91.3 Å². The number of carbonyl (C=O) groups excluding carboxylic acids is 5. The van der Waals surface area contributed by atoms with Gasteiger partial charge in [-0.3, -0.25) is 24.0 Å². The molecule has 2 aliphatic carbocycles. The van der Waals surface area contributed by atoms with E-state index in [1.807, 2.05) is 82.6 Å². The van der Waals surface area contributed by atoms with Gasteiger partial charge in [-0.05, 0) is 85.3 Å². The quantitative estimate of drug-likeness (QED) is 0.169. The van der Waals surface area contributed by atoms with Crippen LogP contribution in [0.2, 0.25) is 0 Å². The molecule has 0 aromatic heterocycles. The van der Waals surface area contributed by atoms with E-state index in [1.54, 1.807) is 24.3 Å². The summed E-state index contributed by atoms with van der Waals surface area (Å²) >= 11 is 0. The lowest BCUT2D eigenvalue weighted by Gasteiger charge is -2.36. The molecule has 4 aromatic rings. The highest BCUT2D eigenvalue weighted by Gasteiger charge is 2.35. The van der Waals surface area contributed by atoms with E-state index in [-0.39, 0.29) is 42.0 Å². The van der Waals surface area contributed by atoms with Crippen molar-refractivity contribution in [1.29, 1.82) is 0 Å². The summed E-state index contributed by atoms with van der Waals surface area (Å²) in [7, 11) is 0. The minimum atomic E-state index is -0.118. The molecule has 4 aliphatic rings. The van der Waals surface area contributed by atoms with Crippen molar-refractivity contribution in [2.45, 2.75) is 38.5 Å². The molecule has 4 aromatic carbocycles. The molecule has 0 unspecified atom stereocenters. The molecular weight excluding hydrogens is 677 g/mol. The summed E-state index contributed by atoms with van der Waals surface area (Å²) < 4.78 is 0. The Hall–Kier alpha value is -5.57. The zero-order valence-electron chi connectivity index (χ0n) is 30.6. The van der Waals surface area contributed by atoms with Crippen LogP contribution in [0.25, 0.3) is 0 Å². The van der Waals surface area contributed by atoms with Crippen LogP contribution in [0.5, 0.6) is 0 Å². The minimum Gasteiger partial charge on any atom is -0.368 e. The molecule has 2 saturated carbocycles. The van der Waals surface area contributed by atoms with E-state index in [9.17, 15) is 24.0 Å². The molecule has 0 radical (unpaired) electrons. The molecule has 2 aliphatic heterocycles. The summed E-state index contributed by atoms with van der Waals surface area (Å²) in [6.07, 6.45) is 4.59. The second-order valence-corrected chi connectivity index (χ2v) is 15.2. The van der Waals surface area contributed by atoms with Crippen molar-refractivity contribution in [2.24, 2.45) is 11.8 Å². The zero-order chi connectivity index (χ0) is 37.2. The van der Waals surface area contributed by atoms with Crippen LogP contribution in [0, 0.1) is 11.8 Å². The number of nitrogens with zero attached hydrogens (tertiary/aromatic N) is 4. The Balaban J connectivity index is 0.795. The minimum absolute atomic E-state index is 0.0118. The fraction of sp³-hybridized carbons (Fsp3) is 0.356. The van der Waals surface area contributed by atoms with Crippen LogP contribution < -0.4 is 9.80 Å². The molecule has 8 rings (SSSR count). The highest BCUT2D eigenvalue weighted by Crippen LogP contribution is 2.32. The fourth-order valence-electron chi connectivity index (χ4n) is 7.55. The van der Waals surface area contributed by atoms with Crippen molar-refractivity contribution in [3.05, 3.63) is 130 Å². The first-order valence-corrected chi connectivity index (χ1v) is 19.4. The first kappa shape index (κ1) is 35.5. The molecule has 54 heavy (non-hydrogen) atoms. The lowest BCUT2D eigenvalue weighted by molar-refractivity contribution is -0.133. The van der Waals surface area contributed by atoms with Crippen LogP contribution >= 0.6 is 0 Å². The summed E-state index contributed by atoms with van der Waals surface area (Å²) in [4.78, 5) is 72.7. The third-order valence-corrected chi connectivity index (χ3v) is 11.3. The highest BCUT2D eigenvalue weighted by molar-refractivity contribution is 6.09. The standard InChI is InChI=1S/C45H46N4O5/c50-41(33-13-17-39(18-14-33)46-21-25-48(26-22-46)44(53)37-9-10-37)29-31-1-5-35(6-2-31)43(52)36-7-3-32(4-8-36)30-42(51)34-15-19-40(20-16-34)47-23-27-49(28-24-47)45(54)38-11-12-38/h1-8,13-20,37-38H,9-12,21-30H2. The Bertz CT molecular complexity index is 1870. The van der Waals surface area contributed by atoms with Crippen LogP contribution in [0.4, 0.5) is 11.4 Å². The predicted molar refractivity (Wildman–Crippen MR) is 208 cm³/mol. The van der Waals surface area contributed by atoms with Gasteiger partial charge in [0.1, 0.15) is 0 Å². The van der Waals surface area contributed by atoms with Crippen molar-refractivity contribution in [3.8, 4) is 0 Å². The molecule has 2 heterocycles. The molecule has 9 nitrogen and oxygen atoms in total. The second-order valence-electron chi connectivity index (χ2n) is 15.2. The van der Waals surface area contributed by atoms with Gasteiger partial charge in [0.15, 0.2) is 17.3 Å². The Morgan fingerprint density at radius 3 is 1.04 bits per heavy atom. The number of hydrogen-bond acceptors (Lipinski definition) is 7. The number of amides is 2. The summed E-state index contributed by atoms with van der Waals surface area (Å²) in [5.74, 6) is 1.01. The number of anilines is 2. The van der Waals surface area contributed by atoms with Gasteiger partial charge in [0.2, 0.25) is 11.8 Å². The summed E-state index contributed by atoms with van der Waals surface area (Å²) in [5.41, 5.74) is 6.15. The van der Waals surface area contributed by atoms with E-state index in [1.165, 1.54) is 0 Å². The van der Waals surface area contributed by atoms with Crippen molar-refractivity contribution in [2.75, 3.05) is 62.2 Å². The Morgan fingerprint density at radius 1 is 0.407 bits per heavy atom. The van der Waals surface area contributed by atoms with Gasteiger partial charge in [-0.1, -0.05) is 48.5 Å². The first-order valence-electron chi connectivity index (χ1n) is 19.4. The summed E-state index contributed by atoms with van der Waals surface area (Å²) in [6.45, 7) is 6.13. The Kier molecular flexibility index (Phi) is 10.1. The number of rotatable bonds is 12. The maximum Gasteiger partial charge on any atom is 0.225 e. The average molecular weight is 723 g/mol. The van der Waals surface area contributed by atoms with E-state index < -0.39 is 0 Å². The molecule has 276 valence electrons. The Labute approximate surface area is 316 Å². The topological polar surface area (TPSA) is 98.3 Å². The maximum atomic E-state index is 13.3. The van der Waals surface area contributed by atoms with E-state index in [0.29, 0.717) is 34.1 Å². The Morgan fingerprint density at radius 2 is 0.722 bits per heavy atom. The average Bonchev–Trinajstić information content (AvgIpc) is 4.16. The van der Waals surface area contributed by atoms with Crippen LogP contribution in [0.1, 0.15) is 73.4 Å². The van der Waals surface area contributed by atoms with Crippen LogP contribution in [-0.2, 0) is 22.4 Å². The van der Waals surface area contributed by atoms with Gasteiger partial charge in [-0.15, -0.1) is 0 Å². The van der Waals surface area contributed by atoms with Gasteiger partial charge < -0.3 is 19.6 Å². The smallest absolute Gasteiger partial charge is 0.225 e. The van der Waals surface area contributed by atoms with Gasteiger partial charge in [0, 0.05) is 111 Å². The third-order valence-electron chi connectivity index (χ3n) is 11.3. The molecular formula is C45H46N4O5. The van der Waals surface area contributed by atoms with Gasteiger partial charge in [0.05, 0.1) is 0 Å². The molecule has 2 amide bonds. The monoisotopic (exact) mass is 722 g/mol. The number of hydrogen-bond donors (Lipinski definition) is 0. The van der Waals surface area contributed by atoms with E-state index in [2.05, 4.69) is 9.80 Å². The zero-order valence-corrected chi connectivity index (χ0v) is 30.6. The SMILES string of the molecule is O=C(Cc1ccc(C(=O)c2ccc(CC(=O)c3ccc(N4CCN(C(=O)C5CC5)CC4)cc3)cc2)cc1)c1ccc(N2CCN(C(=O)C3CC3)CC2)cc1. The lowest BCUT2D eigenvalue weighted by Crippen LogP contribution is -2.49. The lowest BCUT2D eigenvalue weighted by atomic mass is 9.97. The number of piperazine rings is 2. The van der Waals surface area contributed by atoms with Gasteiger partial charge in [-0.2, -0.15) is 0 Å². The third kappa shape index (κ3) is 8.15. The van der Waals surface area contributed by atoms with Crippen LogP contribution in [0.15, 0.2) is 97.1 Å². The fourth-order valence-corrected chi connectivity index (χ4v) is 7.55. The number of benzene rings is 4. The second kappa shape index (κ2) is 15.4. The van der Waals surface area contributed by atoms with E-state index >= 15 is 0 Å². The van der Waals surface area contributed by atoms with Gasteiger partial charge >= 0.3 is 0 Å². The number of Topliss-reactive ketones (excluding diaryl/α,β-unsaturated/α-hetero) is 2. The van der Waals surface area contributed by atoms with Crippen molar-refractivity contribution in [1.82, 2.24) is 9.80 Å². The molecule has 0 bridgehead atoms. The van der Waals surface area contributed by atoms with E-state index in [4.69, 9.17) is 0 Å². The van der Waals surface area contributed by atoms with Gasteiger partial charge in [-0.25, -0.2) is 0 Å². The van der Waals surface area contributed by atoms with Crippen LogP contribution in [0.3, 0.4) is 0 Å². The highest BCUT2D eigenvalue weighted by atomic mass is 16.2. The van der Waals surface area contributed by atoms with Crippen molar-refractivity contribution < 1.29 is 24.0 Å². The molecule has 4 fully saturated rings. The van der Waals surface area contributed by atoms with Crippen molar-refractivity contribution >= 4 is 40.5 Å². The normalized spacial score (nSPS) is 17.3. The molecule has 9 heteroatoms. The molecule has 0 spiro atoms. The van der Waals surface area contributed by atoms with E-state index in [0.717, 1.165) is 101 Å². The molecule has 0 atom stereocenters. The predicted octanol–water partition coefficient (Wildman–Crippen LogP) is 5.89.